The van der Waals surface area contributed by atoms with E-state index in [1.54, 1.807) is 0 Å². The Kier molecular flexibility index (Phi) is 7.71. The molecule has 0 bridgehead atoms. The SMILES string of the molecule is Cc1cccc(OCCOC(=O)c2ccc(Cl)c(S(=O)(=O)NCC3CCCO3)c2)c1. The first-order valence-electron chi connectivity index (χ1n) is 9.62. The van der Waals surface area contributed by atoms with Crippen LogP contribution in [0.15, 0.2) is 47.4 Å². The van der Waals surface area contributed by atoms with Gasteiger partial charge in [0.05, 0.1) is 16.7 Å². The lowest BCUT2D eigenvalue weighted by atomic mass is 10.2. The number of rotatable bonds is 9. The molecule has 1 N–H and O–H groups in total. The van der Waals surface area contributed by atoms with Crippen molar-refractivity contribution in [2.24, 2.45) is 0 Å². The van der Waals surface area contributed by atoms with Crippen molar-refractivity contribution >= 4 is 27.6 Å². The van der Waals surface area contributed by atoms with Gasteiger partial charge in [-0.15, -0.1) is 0 Å². The third kappa shape index (κ3) is 6.18. The Morgan fingerprint density at radius 3 is 2.80 bits per heavy atom. The zero-order chi connectivity index (χ0) is 21.6. The number of halogens is 1. The molecule has 1 unspecified atom stereocenters. The van der Waals surface area contributed by atoms with Crippen molar-refractivity contribution in [1.82, 2.24) is 4.72 Å². The molecule has 9 heteroatoms. The van der Waals surface area contributed by atoms with E-state index in [2.05, 4.69) is 4.72 Å². The fourth-order valence-electron chi connectivity index (χ4n) is 3.00. The second-order valence-corrected chi connectivity index (χ2v) is 9.08. The van der Waals surface area contributed by atoms with Gasteiger partial charge in [-0.25, -0.2) is 17.9 Å². The van der Waals surface area contributed by atoms with Crippen molar-refractivity contribution in [3.8, 4) is 5.75 Å². The van der Waals surface area contributed by atoms with E-state index >= 15 is 0 Å². The molecule has 0 saturated carbocycles. The summed E-state index contributed by atoms with van der Waals surface area (Å²) in [6, 6.07) is 11.5. The molecule has 2 aromatic carbocycles. The number of esters is 1. The molecule has 0 radical (unpaired) electrons. The highest BCUT2D eigenvalue weighted by molar-refractivity contribution is 7.89. The van der Waals surface area contributed by atoms with Crippen LogP contribution in [0.4, 0.5) is 0 Å². The van der Waals surface area contributed by atoms with E-state index in [4.69, 9.17) is 25.8 Å². The molecule has 0 aromatic heterocycles. The molecule has 7 nitrogen and oxygen atoms in total. The third-order valence-corrected chi connectivity index (χ3v) is 6.46. The normalized spacial score (nSPS) is 16.4. The number of hydrogen-bond donors (Lipinski definition) is 1. The van der Waals surface area contributed by atoms with Gasteiger partial charge in [-0.1, -0.05) is 23.7 Å². The van der Waals surface area contributed by atoms with Gasteiger partial charge in [-0.2, -0.15) is 0 Å². The van der Waals surface area contributed by atoms with Crippen LogP contribution < -0.4 is 9.46 Å². The Labute approximate surface area is 181 Å². The van der Waals surface area contributed by atoms with Crippen molar-refractivity contribution < 1.29 is 27.4 Å². The number of benzene rings is 2. The predicted molar refractivity (Wildman–Crippen MR) is 113 cm³/mol. The minimum Gasteiger partial charge on any atom is -0.490 e. The van der Waals surface area contributed by atoms with Crippen LogP contribution in [0.1, 0.15) is 28.8 Å². The maximum atomic E-state index is 12.6. The summed E-state index contributed by atoms with van der Waals surface area (Å²) in [7, 11) is -3.89. The van der Waals surface area contributed by atoms with E-state index in [9.17, 15) is 13.2 Å². The summed E-state index contributed by atoms with van der Waals surface area (Å²) in [4.78, 5) is 12.1. The molecule has 30 heavy (non-hydrogen) atoms. The number of nitrogens with one attached hydrogen (secondary N) is 1. The van der Waals surface area contributed by atoms with Crippen LogP contribution >= 0.6 is 11.6 Å². The Hall–Kier alpha value is -2.13. The fourth-order valence-corrected chi connectivity index (χ4v) is 4.59. The van der Waals surface area contributed by atoms with Gasteiger partial charge in [0.15, 0.2) is 0 Å². The van der Waals surface area contributed by atoms with Crippen LogP contribution in [-0.4, -0.2) is 46.9 Å². The van der Waals surface area contributed by atoms with Gasteiger partial charge in [0.25, 0.3) is 0 Å². The Balaban J connectivity index is 1.57. The van der Waals surface area contributed by atoms with Gasteiger partial charge < -0.3 is 14.2 Å². The molecule has 0 spiro atoms. The molecular formula is C21H24ClNO6S. The number of carbonyl (C=O) groups is 1. The van der Waals surface area contributed by atoms with Crippen LogP contribution in [0.5, 0.6) is 5.75 Å². The minimum atomic E-state index is -3.89. The Bertz CT molecular complexity index is 989. The van der Waals surface area contributed by atoms with Gasteiger partial charge in [0, 0.05) is 13.2 Å². The molecule has 1 saturated heterocycles. The summed E-state index contributed by atoms with van der Waals surface area (Å²) in [5.74, 6) is 0.0262. The predicted octanol–water partition coefficient (Wildman–Crippen LogP) is 3.34. The molecule has 162 valence electrons. The Morgan fingerprint density at radius 1 is 1.23 bits per heavy atom. The van der Waals surface area contributed by atoms with Crippen molar-refractivity contribution in [3.63, 3.8) is 0 Å². The second-order valence-electron chi connectivity index (χ2n) is 6.93. The molecule has 1 aliphatic heterocycles. The average Bonchev–Trinajstić information content (AvgIpc) is 3.24. The molecule has 3 rings (SSSR count). The zero-order valence-electron chi connectivity index (χ0n) is 16.6. The molecule has 1 atom stereocenters. The zero-order valence-corrected chi connectivity index (χ0v) is 18.2. The van der Waals surface area contributed by atoms with E-state index in [0.29, 0.717) is 12.4 Å². The topological polar surface area (TPSA) is 90.9 Å². The first kappa shape index (κ1) is 22.6. The molecular weight excluding hydrogens is 430 g/mol. The van der Waals surface area contributed by atoms with Crippen LogP contribution in [0.2, 0.25) is 5.02 Å². The highest BCUT2D eigenvalue weighted by atomic mass is 35.5. The maximum absolute atomic E-state index is 12.6. The molecule has 1 aliphatic rings. The lowest BCUT2D eigenvalue weighted by Crippen LogP contribution is -2.32. The first-order chi connectivity index (χ1) is 14.3. The number of sulfonamides is 1. The van der Waals surface area contributed by atoms with E-state index in [-0.39, 0.29) is 41.3 Å². The summed E-state index contributed by atoms with van der Waals surface area (Å²) in [6.45, 7) is 2.94. The lowest BCUT2D eigenvalue weighted by Gasteiger charge is -2.13. The van der Waals surface area contributed by atoms with Gasteiger partial charge in [0.1, 0.15) is 23.9 Å². The monoisotopic (exact) mass is 453 g/mol. The molecule has 1 fully saturated rings. The highest BCUT2D eigenvalue weighted by Gasteiger charge is 2.23. The molecule has 0 amide bonds. The van der Waals surface area contributed by atoms with Crippen molar-refractivity contribution in [1.29, 1.82) is 0 Å². The number of hydrogen-bond acceptors (Lipinski definition) is 6. The van der Waals surface area contributed by atoms with Gasteiger partial charge in [-0.05, 0) is 55.7 Å². The summed E-state index contributed by atoms with van der Waals surface area (Å²) < 4.78 is 43.8. The number of ether oxygens (including phenoxy) is 3. The van der Waals surface area contributed by atoms with Crippen LogP contribution in [-0.2, 0) is 19.5 Å². The largest absolute Gasteiger partial charge is 0.490 e. The standard InChI is InChI=1S/C21H24ClNO6S/c1-15-4-2-5-17(12-15)28-10-11-29-21(24)16-7-8-19(22)20(13-16)30(25,26)23-14-18-6-3-9-27-18/h2,4-5,7-8,12-13,18,23H,3,6,9-11,14H2,1H3. The average molecular weight is 454 g/mol. The van der Waals surface area contributed by atoms with Gasteiger partial charge in [0.2, 0.25) is 10.0 Å². The van der Waals surface area contributed by atoms with Crippen molar-refractivity contribution in [3.05, 3.63) is 58.6 Å². The summed E-state index contributed by atoms with van der Waals surface area (Å²) >= 11 is 6.07. The minimum absolute atomic E-state index is 0.0224. The van der Waals surface area contributed by atoms with Gasteiger partial charge >= 0.3 is 5.97 Å². The molecule has 1 heterocycles. The maximum Gasteiger partial charge on any atom is 0.338 e. The first-order valence-corrected chi connectivity index (χ1v) is 11.5. The second kappa shape index (κ2) is 10.3. The Morgan fingerprint density at radius 2 is 2.07 bits per heavy atom. The third-order valence-electron chi connectivity index (χ3n) is 4.56. The highest BCUT2D eigenvalue weighted by Crippen LogP contribution is 2.23. The van der Waals surface area contributed by atoms with Gasteiger partial charge in [-0.3, -0.25) is 0 Å². The van der Waals surface area contributed by atoms with E-state index in [1.807, 2.05) is 31.2 Å². The number of aryl methyl sites for hydroxylation is 1. The number of carbonyl (C=O) groups excluding carboxylic acids is 1. The quantitative estimate of drug-likeness (QED) is 0.462. The summed E-state index contributed by atoms with van der Waals surface area (Å²) in [5.41, 5.74) is 1.15. The fraction of sp³-hybridized carbons (Fsp3) is 0.381. The lowest BCUT2D eigenvalue weighted by molar-refractivity contribution is 0.0450. The van der Waals surface area contributed by atoms with E-state index < -0.39 is 16.0 Å². The van der Waals surface area contributed by atoms with Crippen molar-refractivity contribution in [2.45, 2.75) is 30.8 Å². The summed E-state index contributed by atoms with van der Waals surface area (Å²) in [6.07, 6.45) is 1.55. The van der Waals surface area contributed by atoms with E-state index in [1.165, 1.54) is 18.2 Å². The smallest absolute Gasteiger partial charge is 0.338 e. The van der Waals surface area contributed by atoms with Crippen molar-refractivity contribution in [2.75, 3.05) is 26.4 Å². The molecule has 2 aromatic rings. The van der Waals surface area contributed by atoms with Crippen LogP contribution in [0.3, 0.4) is 0 Å². The van der Waals surface area contributed by atoms with Crippen LogP contribution in [0.25, 0.3) is 0 Å². The van der Waals surface area contributed by atoms with E-state index in [0.717, 1.165) is 18.4 Å². The van der Waals surface area contributed by atoms with Crippen LogP contribution in [0, 0.1) is 6.92 Å². The summed E-state index contributed by atoms with van der Waals surface area (Å²) in [5, 5.41) is 0.0224. The molecule has 0 aliphatic carbocycles.